The maximum Gasteiger partial charge on any atom is 0.404 e. The van der Waals surface area contributed by atoms with Crippen molar-refractivity contribution in [2.24, 2.45) is 0 Å². The van der Waals surface area contributed by atoms with Crippen molar-refractivity contribution in [1.82, 2.24) is 5.32 Å². The van der Waals surface area contributed by atoms with E-state index < -0.39 is 6.09 Å². The van der Waals surface area contributed by atoms with Crippen LogP contribution in [0.1, 0.15) is 6.42 Å². The standard InChI is InChI=1S/C6H12N2O2S/c7-2-1-4-11-5-3-8-6(9)10/h2,7-8H,1,3-5H2,(H,9,10). The van der Waals surface area contributed by atoms with Gasteiger partial charge in [0.1, 0.15) is 0 Å². The van der Waals surface area contributed by atoms with Gasteiger partial charge in [0, 0.05) is 12.3 Å². The number of hydrogen-bond acceptors (Lipinski definition) is 3. The van der Waals surface area contributed by atoms with E-state index in [4.69, 9.17) is 10.5 Å². The molecule has 0 aromatic carbocycles. The number of amides is 1. The summed E-state index contributed by atoms with van der Waals surface area (Å²) < 4.78 is 0. The fraction of sp³-hybridized carbons (Fsp3) is 0.667. The number of carbonyl (C=O) groups is 1. The van der Waals surface area contributed by atoms with Crippen LogP contribution < -0.4 is 5.32 Å². The van der Waals surface area contributed by atoms with Crippen LogP contribution in [0.25, 0.3) is 0 Å². The Balaban J connectivity index is 2.90. The Hall–Kier alpha value is -0.710. The second-order valence-corrected chi connectivity index (χ2v) is 3.06. The molecule has 0 radical (unpaired) electrons. The molecule has 4 nitrogen and oxygen atoms in total. The zero-order chi connectivity index (χ0) is 8.53. The van der Waals surface area contributed by atoms with E-state index in [1.165, 1.54) is 6.21 Å². The molecule has 64 valence electrons. The lowest BCUT2D eigenvalue weighted by Gasteiger charge is -1.98. The maximum atomic E-state index is 9.93. The summed E-state index contributed by atoms with van der Waals surface area (Å²) in [5.74, 6) is 1.67. The molecule has 0 unspecified atom stereocenters. The summed E-state index contributed by atoms with van der Waals surface area (Å²) >= 11 is 1.64. The van der Waals surface area contributed by atoms with Gasteiger partial charge in [0.05, 0.1) is 0 Å². The van der Waals surface area contributed by atoms with Crippen LogP contribution in [-0.2, 0) is 0 Å². The molecule has 0 rings (SSSR count). The first kappa shape index (κ1) is 10.3. The van der Waals surface area contributed by atoms with Gasteiger partial charge >= 0.3 is 6.09 Å². The lowest BCUT2D eigenvalue weighted by molar-refractivity contribution is 0.195. The Morgan fingerprint density at radius 3 is 2.91 bits per heavy atom. The fourth-order valence-electron chi connectivity index (χ4n) is 0.474. The third-order valence-corrected chi connectivity index (χ3v) is 1.95. The molecule has 0 aromatic rings. The van der Waals surface area contributed by atoms with Crippen molar-refractivity contribution in [2.75, 3.05) is 18.1 Å². The SMILES string of the molecule is N=CCCSCCNC(=O)O. The molecule has 0 aromatic heterocycles. The van der Waals surface area contributed by atoms with E-state index >= 15 is 0 Å². The van der Waals surface area contributed by atoms with E-state index in [1.807, 2.05) is 0 Å². The molecule has 0 aliphatic rings. The van der Waals surface area contributed by atoms with Gasteiger partial charge in [-0.25, -0.2) is 4.79 Å². The third kappa shape index (κ3) is 9.29. The summed E-state index contributed by atoms with van der Waals surface area (Å²) in [5, 5.41) is 17.1. The van der Waals surface area contributed by atoms with E-state index in [2.05, 4.69) is 5.32 Å². The van der Waals surface area contributed by atoms with Crippen molar-refractivity contribution < 1.29 is 9.90 Å². The van der Waals surface area contributed by atoms with Gasteiger partial charge in [-0.1, -0.05) is 0 Å². The minimum Gasteiger partial charge on any atom is -0.465 e. The Morgan fingerprint density at radius 2 is 2.36 bits per heavy atom. The quantitative estimate of drug-likeness (QED) is 0.418. The molecule has 0 atom stereocenters. The summed E-state index contributed by atoms with van der Waals surface area (Å²) in [4.78, 5) is 9.93. The lowest BCUT2D eigenvalue weighted by Crippen LogP contribution is -2.23. The molecule has 3 N–H and O–H groups in total. The molecule has 0 aliphatic heterocycles. The van der Waals surface area contributed by atoms with Crippen LogP contribution in [0, 0.1) is 5.41 Å². The predicted octanol–water partition coefficient (Wildman–Crippen LogP) is 1.03. The first-order valence-corrected chi connectivity index (χ1v) is 4.46. The van der Waals surface area contributed by atoms with Crippen LogP contribution in [0.2, 0.25) is 0 Å². The molecule has 1 amide bonds. The minimum absolute atomic E-state index is 0.484. The summed E-state index contributed by atoms with van der Waals surface area (Å²) in [7, 11) is 0. The number of nitrogens with one attached hydrogen (secondary N) is 2. The van der Waals surface area contributed by atoms with Crippen LogP contribution in [0.4, 0.5) is 4.79 Å². The van der Waals surface area contributed by atoms with E-state index in [1.54, 1.807) is 11.8 Å². The van der Waals surface area contributed by atoms with Crippen molar-refractivity contribution >= 4 is 24.1 Å². The molecular weight excluding hydrogens is 164 g/mol. The molecule has 5 heteroatoms. The van der Waals surface area contributed by atoms with E-state index in [0.717, 1.165) is 17.9 Å². The average molecular weight is 176 g/mol. The summed E-state index contributed by atoms with van der Waals surface area (Å²) in [6, 6.07) is 0. The van der Waals surface area contributed by atoms with Gasteiger partial charge in [0.15, 0.2) is 0 Å². The molecule has 11 heavy (non-hydrogen) atoms. The fourth-order valence-corrected chi connectivity index (χ4v) is 1.21. The van der Waals surface area contributed by atoms with Gasteiger partial charge in [-0.15, -0.1) is 0 Å². The smallest absolute Gasteiger partial charge is 0.404 e. The Kier molecular flexibility index (Phi) is 6.92. The van der Waals surface area contributed by atoms with Gasteiger partial charge in [0.25, 0.3) is 0 Å². The second kappa shape index (κ2) is 7.40. The van der Waals surface area contributed by atoms with Gasteiger partial charge in [0.2, 0.25) is 0 Å². The Morgan fingerprint density at radius 1 is 1.64 bits per heavy atom. The van der Waals surface area contributed by atoms with Gasteiger partial charge in [-0.2, -0.15) is 11.8 Å². The topological polar surface area (TPSA) is 73.2 Å². The van der Waals surface area contributed by atoms with Gasteiger partial charge < -0.3 is 15.8 Å². The summed E-state index contributed by atoms with van der Waals surface area (Å²) in [5.41, 5.74) is 0. The van der Waals surface area contributed by atoms with Crippen LogP contribution in [0.3, 0.4) is 0 Å². The zero-order valence-corrected chi connectivity index (χ0v) is 6.99. The van der Waals surface area contributed by atoms with Crippen LogP contribution in [0.5, 0.6) is 0 Å². The minimum atomic E-state index is -0.974. The van der Waals surface area contributed by atoms with Crippen LogP contribution in [-0.4, -0.2) is 35.5 Å². The number of thioether (sulfide) groups is 1. The van der Waals surface area contributed by atoms with Gasteiger partial charge in [-0.05, 0) is 18.4 Å². The molecule has 0 saturated heterocycles. The highest BCUT2D eigenvalue weighted by molar-refractivity contribution is 7.99. The summed E-state index contributed by atoms with van der Waals surface area (Å²) in [6.45, 7) is 0.484. The second-order valence-electron chi connectivity index (χ2n) is 1.84. The van der Waals surface area contributed by atoms with Crippen molar-refractivity contribution in [3.63, 3.8) is 0 Å². The monoisotopic (exact) mass is 176 g/mol. The van der Waals surface area contributed by atoms with Crippen molar-refractivity contribution in [1.29, 1.82) is 5.41 Å². The van der Waals surface area contributed by atoms with E-state index in [9.17, 15) is 4.79 Å². The highest BCUT2D eigenvalue weighted by atomic mass is 32.2. The van der Waals surface area contributed by atoms with Crippen LogP contribution >= 0.6 is 11.8 Å². The normalized spacial score (nSPS) is 9.09. The van der Waals surface area contributed by atoms with E-state index in [0.29, 0.717) is 6.54 Å². The zero-order valence-electron chi connectivity index (χ0n) is 6.17. The predicted molar refractivity (Wildman–Crippen MR) is 46.8 cm³/mol. The van der Waals surface area contributed by atoms with Crippen molar-refractivity contribution in [3.05, 3.63) is 0 Å². The molecule has 0 heterocycles. The average Bonchev–Trinajstić information content (AvgIpc) is 1.96. The molecule has 0 spiro atoms. The molecule has 0 saturated carbocycles. The molecule has 0 fully saturated rings. The number of rotatable bonds is 6. The highest BCUT2D eigenvalue weighted by Crippen LogP contribution is 1.98. The first-order chi connectivity index (χ1) is 5.27. The largest absolute Gasteiger partial charge is 0.465 e. The number of carboxylic acid groups (broad SMARTS) is 1. The molecule has 0 aliphatic carbocycles. The molecular formula is C6H12N2O2S. The summed E-state index contributed by atoms with van der Waals surface area (Å²) in [6.07, 6.45) is 1.15. The van der Waals surface area contributed by atoms with Gasteiger partial charge in [-0.3, -0.25) is 0 Å². The van der Waals surface area contributed by atoms with Crippen molar-refractivity contribution in [3.8, 4) is 0 Å². The lowest BCUT2D eigenvalue weighted by atomic mass is 10.5. The highest BCUT2D eigenvalue weighted by Gasteiger charge is 1.92. The Bertz CT molecular complexity index is 130. The maximum absolute atomic E-state index is 9.93. The number of hydrogen-bond donors (Lipinski definition) is 3. The van der Waals surface area contributed by atoms with Crippen molar-refractivity contribution in [2.45, 2.75) is 6.42 Å². The first-order valence-electron chi connectivity index (χ1n) is 3.31. The Labute approximate surface area is 69.9 Å². The third-order valence-electron chi connectivity index (χ3n) is 0.929. The van der Waals surface area contributed by atoms with E-state index in [-0.39, 0.29) is 0 Å². The molecule has 0 bridgehead atoms. The van der Waals surface area contributed by atoms with Crippen LogP contribution in [0.15, 0.2) is 0 Å².